The van der Waals surface area contributed by atoms with Gasteiger partial charge in [-0.05, 0) is 22.9 Å². The van der Waals surface area contributed by atoms with Gasteiger partial charge in [-0.2, -0.15) is 0 Å². The summed E-state index contributed by atoms with van der Waals surface area (Å²) >= 11 is 28.4. The van der Waals surface area contributed by atoms with Gasteiger partial charge in [0, 0.05) is 5.92 Å². The first-order valence-electron chi connectivity index (χ1n) is 4.00. The molecule has 0 aromatic heterocycles. The average molecular weight is 298 g/mol. The summed E-state index contributed by atoms with van der Waals surface area (Å²) in [5.74, 6) is -0.496. The maximum Gasteiger partial charge on any atom is 0.225 e. The Labute approximate surface area is 108 Å². The third-order valence-electron chi connectivity index (χ3n) is 2.78. The number of halogens is 5. The first-order chi connectivity index (χ1) is 6.10. The Kier molecular flexibility index (Phi) is 3.63. The molecule has 0 spiro atoms. The molecule has 1 nitrogen and oxygen atoms in total. The topological polar surface area (TPSA) is 17.1 Å². The molecule has 0 aromatic rings. The Morgan fingerprint density at radius 2 is 1.79 bits per heavy atom. The molecule has 0 aliphatic heterocycles. The van der Waals surface area contributed by atoms with E-state index in [2.05, 4.69) is 0 Å². The molecule has 3 atom stereocenters. The Bertz CT molecular complexity index is 257. The van der Waals surface area contributed by atoms with E-state index < -0.39 is 14.4 Å². The molecule has 1 aliphatic carbocycles. The zero-order chi connectivity index (χ0) is 11.3. The molecule has 6 heteroatoms. The molecule has 0 aromatic carbocycles. The van der Waals surface area contributed by atoms with Crippen molar-refractivity contribution in [3.05, 3.63) is 0 Å². The van der Waals surface area contributed by atoms with Crippen molar-refractivity contribution in [1.82, 2.24) is 0 Å². The van der Waals surface area contributed by atoms with Crippen molar-refractivity contribution in [2.75, 3.05) is 0 Å². The van der Waals surface area contributed by atoms with Crippen LogP contribution in [0.4, 0.5) is 0 Å². The quantitative estimate of drug-likeness (QED) is 0.556. The van der Waals surface area contributed by atoms with E-state index in [0.717, 1.165) is 0 Å². The van der Waals surface area contributed by atoms with E-state index in [1.165, 1.54) is 0 Å². The minimum atomic E-state index is -1.56. The number of carbonyl (C=O) groups excluding carboxylic acids is 1. The molecule has 0 bridgehead atoms. The lowest BCUT2D eigenvalue weighted by atomic mass is 10.1. The lowest BCUT2D eigenvalue weighted by Gasteiger charge is -2.19. The molecule has 82 valence electrons. The highest BCUT2D eigenvalue weighted by atomic mass is 35.6. The van der Waals surface area contributed by atoms with Gasteiger partial charge in [-0.3, -0.25) is 4.79 Å². The van der Waals surface area contributed by atoms with Crippen LogP contribution in [0.1, 0.15) is 13.8 Å². The number of hydrogen-bond donors (Lipinski definition) is 0. The molecule has 1 unspecified atom stereocenters. The maximum absolute atomic E-state index is 11.0. The van der Waals surface area contributed by atoms with Crippen LogP contribution in [-0.4, -0.2) is 14.4 Å². The molecule has 14 heavy (non-hydrogen) atoms. The first kappa shape index (κ1) is 13.2. The lowest BCUT2D eigenvalue weighted by molar-refractivity contribution is -0.113. The van der Waals surface area contributed by atoms with Gasteiger partial charge < -0.3 is 0 Å². The van der Waals surface area contributed by atoms with E-state index in [-0.39, 0.29) is 17.3 Å². The van der Waals surface area contributed by atoms with Crippen molar-refractivity contribution < 1.29 is 4.79 Å². The second-order valence-corrected chi connectivity index (χ2v) is 7.28. The second-order valence-electron chi connectivity index (χ2n) is 4.07. The number of hydrogen-bond acceptors (Lipinski definition) is 1. The zero-order valence-corrected chi connectivity index (χ0v) is 11.3. The molecule has 0 heterocycles. The Hall–Kier alpha value is 1.12. The molecule has 1 rings (SSSR count). The highest BCUT2D eigenvalue weighted by molar-refractivity contribution is 6.70. The number of carbonyl (C=O) groups is 1. The normalized spacial score (nSPS) is 32.5. The van der Waals surface area contributed by atoms with Crippen molar-refractivity contribution >= 4 is 63.2 Å². The minimum Gasteiger partial charge on any atom is -0.281 e. The van der Waals surface area contributed by atoms with E-state index in [1.54, 1.807) is 0 Å². The summed E-state index contributed by atoms with van der Waals surface area (Å²) in [6, 6.07) is 0. The second kappa shape index (κ2) is 3.85. The monoisotopic (exact) mass is 296 g/mol. The average Bonchev–Trinajstić information content (AvgIpc) is 2.49. The molecular weight excluding hydrogens is 289 g/mol. The third-order valence-corrected chi connectivity index (χ3v) is 4.66. The zero-order valence-electron chi connectivity index (χ0n) is 7.53. The van der Waals surface area contributed by atoms with Gasteiger partial charge in [-0.15, -0.1) is 11.6 Å². The standard InChI is InChI=1S/C8H9Cl5O/c1-7(2)3(4(7)6(10)14)5(9)8(11,12)13/h3-5H,1-2H3/t3-,4+,5?/m1/s1. The SMILES string of the molecule is CC1(C)[C@H](C(=O)Cl)[C@@H]1C(Cl)C(Cl)(Cl)Cl. The van der Waals surface area contributed by atoms with Gasteiger partial charge in [0.05, 0.1) is 5.38 Å². The molecule has 0 saturated heterocycles. The van der Waals surface area contributed by atoms with Gasteiger partial charge in [0.25, 0.3) is 0 Å². The third kappa shape index (κ3) is 2.27. The molecule has 1 fully saturated rings. The van der Waals surface area contributed by atoms with Crippen LogP contribution in [0.3, 0.4) is 0 Å². The molecule has 0 amide bonds. The van der Waals surface area contributed by atoms with E-state index >= 15 is 0 Å². The Morgan fingerprint density at radius 1 is 1.36 bits per heavy atom. The van der Waals surface area contributed by atoms with Crippen molar-refractivity contribution in [3.63, 3.8) is 0 Å². The van der Waals surface area contributed by atoms with Crippen molar-refractivity contribution in [1.29, 1.82) is 0 Å². The van der Waals surface area contributed by atoms with Gasteiger partial charge in [0.1, 0.15) is 0 Å². The molecule has 0 N–H and O–H groups in total. The van der Waals surface area contributed by atoms with Crippen LogP contribution in [0.2, 0.25) is 0 Å². The fraction of sp³-hybridized carbons (Fsp3) is 0.875. The maximum atomic E-state index is 11.0. The van der Waals surface area contributed by atoms with E-state index in [9.17, 15) is 4.79 Å². The molecular formula is C8H9Cl5O. The molecule has 0 radical (unpaired) electrons. The van der Waals surface area contributed by atoms with Crippen LogP contribution in [0.15, 0.2) is 0 Å². The van der Waals surface area contributed by atoms with Gasteiger partial charge in [-0.1, -0.05) is 48.7 Å². The van der Waals surface area contributed by atoms with Crippen molar-refractivity contribution in [2.45, 2.75) is 23.0 Å². The van der Waals surface area contributed by atoms with E-state index in [1.807, 2.05) is 13.8 Å². The summed E-state index contributed by atoms with van der Waals surface area (Å²) < 4.78 is -1.56. The molecule has 1 saturated carbocycles. The lowest BCUT2D eigenvalue weighted by Crippen LogP contribution is -2.24. The van der Waals surface area contributed by atoms with Crippen LogP contribution in [0.5, 0.6) is 0 Å². The number of alkyl halides is 4. The predicted molar refractivity (Wildman–Crippen MR) is 61.6 cm³/mol. The summed E-state index contributed by atoms with van der Waals surface area (Å²) in [7, 11) is 0. The summed E-state index contributed by atoms with van der Waals surface area (Å²) in [5.41, 5.74) is -0.283. The highest BCUT2D eigenvalue weighted by Gasteiger charge is 2.66. The van der Waals surface area contributed by atoms with Crippen LogP contribution in [-0.2, 0) is 4.79 Å². The van der Waals surface area contributed by atoms with Gasteiger partial charge in [0.15, 0.2) is 0 Å². The molecule has 1 aliphatic rings. The van der Waals surface area contributed by atoms with Gasteiger partial charge >= 0.3 is 0 Å². The first-order valence-corrected chi connectivity index (χ1v) is 5.95. The largest absolute Gasteiger partial charge is 0.281 e. The summed E-state index contributed by atoms with van der Waals surface area (Å²) in [4.78, 5) is 11.0. The Morgan fingerprint density at radius 3 is 2.00 bits per heavy atom. The number of rotatable bonds is 2. The Balaban J connectivity index is 2.79. The fourth-order valence-electron chi connectivity index (χ4n) is 1.86. The summed E-state index contributed by atoms with van der Waals surface area (Å²) in [6.07, 6.45) is 0. The highest BCUT2D eigenvalue weighted by Crippen LogP contribution is 2.64. The van der Waals surface area contributed by atoms with Crippen LogP contribution < -0.4 is 0 Å². The fourth-order valence-corrected chi connectivity index (χ4v) is 3.16. The summed E-state index contributed by atoms with van der Waals surface area (Å²) in [5, 5.41) is -1.12. The predicted octanol–water partition coefficient (Wildman–Crippen LogP) is 4.00. The van der Waals surface area contributed by atoms with E-state index in [0.29, 0.717) is 0 Å². The van der Waals surface area contributed by atoms with Crippen LogP contribution >= 0.6 is 58.0 Å². The van der Waals surface area contributed by atoms with E-state index in [4.69, 9.17) is 58.0 Å². The van der Waals surface area contributed by atoms with Crippen LogP contribution in [0, 0.1) is 17.3 Å². The van der Waals surface area contributed by atoms with Gasteiger partial charge in [0.2, 0.25) is 9.03 Å². The minimum absolute atomic E-state index is 0.179. The van der Waals surface area contributed by atoms with Crippen molar-refractivity contribution in [2.24, 2.45) is 17.3 Å². The summed E-state index contributed by atoms with van der Waals surface area (Å²) in [6.45, 7) is 3.77. The smallest absolute Gasteiger partial charge is 0.225 e. The van der Waals surface area contributed by atoms with Crippen molar-refractivity contribution in [3.8, 4) is 0 Å². The van der Waals surface area contributed by atoms with Crippen LogP contribution in [0.25, 0.3) is 0 Å². The van der Waals surface area contributed by atoms with Gasteiger partial charge in [-0.25, -0.2) is 0 Å².